The Morgan fingerprint density at radius 3 is 2.70 bits per heavy atom. The average molecular weight is 414 g/mol. The van der Waals surface area contributed by atoms with Crippen molar-refractivity contribution in [2.75, 3.05) is 11.9 Å². The molecule has 0 aliphatic carbocycles. The third kappa shape index (κ3) is 3.80. The maximum Gasteiger partial charge on any atom is 0.387 e. The van der Waals surface area contributed by atoms with Gasteiger partial charge in [0.25, 0.3) is 5.91 Å². The molecule has 0 fully saturated rings. The van der Waals surface area contributed by atoms with Crippen LogP contribution in [-0.2, 0) is 6.54 Å². The molecular formula is C22H20F2N2O4. The number of alkyl halides is 2. The molecule has 2 heterocycles. The first kappa shape index (κ1) is 19.8. The van der Waals surface area contributed by atoms with Crippen LogP contribution < -0.4 is 14.8 Å². The molecule has 4 rings (SSSR count). The molecule has 8 heteroatoms. The van der Waals surface area contributed by atoms with Crippen molar-refractivity contribution in [3.05, 3.63) is 77.7 Å². The number of anilines is 1. The van der Waals surface area contributed by atoms with Gasteiger partial charge in [-0.25, -0.2) is 0 Å². The van der Waals surface area contributed by atoms with Gasteiger partial charge in [0.05, 0.1) is 25.0 Å². The summed E-state index contributed by atoms with van der Waals surface area (Å²) in [5.41, 5.74) is 1.45. The number of amides is 1. The van der Waals surface area contributed by atoms with Crippen LogP contribution in [0.5, 0.6) is 11.5 Å². The largest absolute Gasteiger partial charge is 0.490 e. The minimum absolute atomic E-state index is 0.108. The third-order valence-corrected chi connectivity index (χ3v) is 4.74. The maximum absolute atomic E-state index is 13.3. The van der Waals surface area contributed by atoms with Gasteiger partial charge in [-0.15, -0.1) is 0 Å². The normalized spacial score (nSPS) is 15.7. The van der Waals surface area contributed by atoms with Crippen LogP contribution in [0.1, 0.15) is 34.8 Å². The molecule has 0 unspecified atom stereocenters. The summed E-state index contributed by atoms with van der Waals surface area (Å²) < 4.78 is 42.2. The van der Waals surface area contributed by atoms with Crippen molar-refractivity contribution >= 4 is 11.6 Å². The van der Waals surface area contributed by atoms with Gasteiger partial charge >= 0.3 is 6.61 Å². The van der Waals surface area contributed by atoms with Gasteiger partial charge in [-0.1, -0.05) is 24.3 Å². The van der Waals surface area contributed by atoms with Gasteiger partial charge in [-0.2, -0.15) is 8.78 Å². The fourth-order valence-corrected chi connectivity index (χ4v) is 3.50. The van der Waals surface area contributed by atoms with Crippen LogP contribution >= 0.6 is 0 Å². The molecule has 1 N–H and O–H groups in total. The Balaban J connectivity index is 1.82. The van der Waals surface area contributed by atoms with Gasteiger partial charge in [0.1, 0.15) is 11.9 Å². The summed E-state index contributed by atoms with van der Waals surface area (Å²) >= 11 is 0. The molecule has 0 bridgehead atoms. The minimum atomic E-state index is -3.05. The highest BCUT2D eigenvalue weighted by atomic mass is 19.3. The zero-order chi connectivity index (χ0) is 21.1. The van der Waals surface area contributed by atoms with Gasteiger partial charge in [0.15, 0.2) is 11.5 Å². The lowest BCUT2D eigenvalue weighted by Gasteiger charge is -2.38. The molecule has 0 radical (unpaired) electrons. The molecular weight excluding hydrogens is 394 g/mol. The summed E-state index contributed by atoms with van der Waals surface area (Å²) in [5.74, 6) is 0.382. The summed E-state index contributed by atoms with van der Waals surface area (Å²) in [4.78, 5) is 14.8. The van der Waals surface area contributed by atoms with E-state index in [4.69, 9.17) is 13.9 Å². The van der Waals surface area contributed by atoms with Crippen molar-refractivity contribution in [3.8, 4) is 11.5 Å². The molecule has 3 aromatic rings. The highest BCUT2D eigenvalue weighted by Crippen LogP contribution is 2.42. The lowest BCUT2D eigenvalue weighted by molar-refractivity contribution is -0.0526. The van der Waals surface area contributed by atoms with E-state index in [9.17, 15) is 13.6 Å². The van der Waals surface area contributed by atoms with Crippen molar-refractivity contribution in [2.45, 2.75) is 26.2 Å². The van der Waals surface area contributed by atoms with Gasteiger partial charge in [-0.3, -0.25) is 4.79 Å². The van der Waals surface area contributed by atoms with Crippen LogP contribution in [0.25, 0.3) is 0 Å². The van der Waals surface area contributed by atoms with Crippen molar-refractivity contribution in [2.24, 2.45) is 0 Å². The highest BCUT2D eigenvalue weighted by molar-refractivity contribution is 6.01. The molecule has 1 aromatic heterocycles. The standard InChI is InChI=1S/C22H20F2N2O4/c1-2-28-18-11-5-9-16(19(18)30-22(23)24)20-25-17-10-4-3-8-15(17)21(27)26(20)13-14-7-6-12-29-14/h3-12,20,22,25H,2,13H2,1H3/t20-/m0/s1. The summed E-state index contributed by atoms with van der Waals surface area (Å²) in [6.45, 7) is -0.875. The lowest BCUT2D eigenvalue weighted by Crippen LogP contribution is -2.42. The molecule has 0 saturated carbocycles. The van der Waals surface area contributed by atoms with E-state index in [2.05, 4.69) is 5.32 Å². The van der Waals surface area contributed by atoms with Crippen molar-refractivity contribution in [1.29, 1.82) is 0 Å². The zero-order valence-corrected chi connectivity index (χ0v) is 16.2. The molecule has 0 spiro atoms. The molecule has 1 aliphatic rings. The Hall–Kier alpha value is -3.55. The second-order valence-electron chi connectivity index (χ2n) is 6.59. The molecule has 2 aromatic carbocycles. The van der Waals surface area contributed by atoms with Crippen LogP contribution in [0, 0.1) is 0 Å². The smallest absolute Gasteiger partial charge is 0.387 e. The lowest BCUT2D eigenvalue weighted by atomic mass is 10.0. The van der Waals surface area contributed by atoms with E-state index in [1.165, 1.54) is 11.2 Å². The van der Waals surface area contributed by atoms with Crippen LogP contribution in [0.3, 0.4) is 0 Å². The van der Waals surface area contributed by atoms with Crippen molar-refractivity contribution < 1.29 is 27.5 Å². The molecule has 1 atom stereocenters. The SMILES string of the molecule is CCOc1cccc([C@H]2Nc3ccccc3C(=O)N2Cc2ccco2)c1OC(F)F. The van der Waals surface area contributed by atoms with Crippen LogP contribution in [0.2, 0.25) is 0 Å². The van der Waals surface area contributed by atoms with E-state index >= 15 is 0 Å². The summed E-state index contributed by atoms with van der Waals surface area (Å²) in [6.07, 6.45) is 0.743. The monoisotopic (exact) mass is 414 g/mol. The number of benzene rings is 2. The molecule has 156 valence electrons. The quantitative estimate of drug-likeness (QED) is 0.586. The summed E-state index contributed by atoms with van der Waals surface area (Å²) in [7, 11) is 0. The number of para-hydroxylation sites is 2. The van der Waals surface area contributed by atoms with E-state index in [0.29, 0.717) is 22.6 Å². The number of halogens is 2. The number of hydrogen-bond acceptors (Lipinski definition) is 5. The zero-order valence-electron chi connectivity index (χ0n) is 16.2. The molecule has 0 saturated heterocycles. The Morgan fingerprint density at radius 2 is 1.97 bits per heavy atom. The van der Waals surface area contributed by atoms with Crippen LogP contribution in [0.15, 0.2) is 65.3 Å². The Bertz CT molecular complexity index is 1020. The van der Waals surface area contributed by atoms with Gasteiger partial charge in [0.2, 0.25) is 0 Å². The molecule has 1 amide bonds. The number of furan rings is 1. The number of hydrogen-bond donors (Lipinski definition) is 1. The van der Waals surface area contributed by atoms with Crippen molar-refractivity contribution in [3.63, 3.8) is 0 Å². The number of nitrogens with one attached hydrogen (secondary N) is 1. The summed E-state index contributed by atoms with van der Waals surface area (Å²) in [5, 5.41) is 3.27. The molecule has 6 nitrogen and oxygen atoms in total. The van der Waals surface area contributed by atoms with Crippen molar-refractivity contribution in [1.82, 2.24) is 4.90 Å². The second kappa shape index (κ2) is 8.44. The fraction of sp³-hybridized carbons (Fsp3) is 0.227. The predicted molar refractivity (Wildman–Crippen MR) is 106 cm³/mol. The first-order valence-corrected chi connectivity index (χ1v) is 9.48. The number of nitrogens with zero attached hydrogens (tertiary/aromatic N) is 1. The number of fused-ring (bicyclic) bond motifs is 1. The van der Waals surface area contributed by atoms with E-state index in [1.807, 2.05) is 0 Å². The highest BCUT2D eigenvalue weighted by Gasteiger charge is 2.36. The Morgan fingerprint density at radius 1 is 1.13 bits per heavy atom. The number of carbonyl (C=O) groups is 1. The maximum atomic E-state index is 13.3. The number of ether oxygens (including phenoxy) is 2. The van der Waals surface area contributed by atoms with E-state index in [1.54, 1.807) is 61.5 Å². The Kier molecular flexibility index (Phi) is 5.56. The first-order valence-electron chi connectivity index (χ1n) is 9.48. The van der Waals surface area contributed by atoms with E-state index in [-0.39, 0.29) is 30.6 Å². The first-order chi connectivity index (χ1) is 14.6. The van der Waals surface area contributed by atoms with Gasteiger partial charge < -0.3 is 24.1 Å². The van der Waals surface area contributed by atoms with E-state index < -0.39 is 12.8 Å². The number of carbonyl (C=O) groups excluding carboxylic acids is 1. The van der Waals surface area contributed by atoms with Gasteiger partial charge in [-0.05, 0) is 37.3 Å². The second-order valence-corrected chi connectivity index (χ2v) is 6.59. The minimum Gasteiger partial charge on any atom is -0.490 e. The average Bonchev–Trinajstić information content (AvgIpc) is 3.24. The van der Waals surface area contributed by atoms with Crippen LogP contribution in [0.4, 0.5) is 14.5 Å². The number of rotatable bonds is 7. The summed E-state index contributed by atoms with van der Waals surface area (Å²) in [6, 6.07) is 15.4. The van der Waals surface area contributed by atoms with Gasteiger partial charge in [0, 0.05) is 11.3 Å². The predicted octanol–water partition coefficient (Wildman–Crippen LogP) is 5.05. The third-order valence-electron chi connectivity index (χ3n) is 4.74. The van der Waals surface area contributed by atoms with E-state index in [0.717, 1.165) is 0 Å². The molecule has 1 aliphatic heterocycles. The topological polar surface area (TPSA) is 63.9 Å². The fourth-order valence-electron chi connectivity index (χ4n) is 3.50. The van der Waals surface area contributed by atoms with Crippen LogP contribution in [-0.4, -0.2) is 24.0 Å². The Labute approximate surface area is 172 Å². The molecule has 30 heavy (non-hydrogen) atoms.